The van der Waals surface area contributed by atoms with Gasteiger partial charge < -0.3 is 10.6 Å². The lowest BCUT2D eigenvalue weighted by Gasteiger charge is -2.31. The zero-order valence-corrected chi connectivity index (χ0v) is 10.1. The summed E-state index contributed by atoms with van der Waals surface area (Å²) in [5.41, 5.74) is 0. The first-order chi connectivity index (χ1) is 6.76. The van der Waals surface area contributed by atoms with Gasteiger partial charge in [0.2, 0.25) is 0 Å². The number of hydrogen-bond donors (Lipinski definition) is 2. The Hall–Kier alpha value is -0.160. The molecule has 0 fully saturated rings. The van der Waals surface area contributed by atoms with E-state index >= 15 is 0 Å². The van der Waals surface area contributed by atoms with E-state index in [4.69, 9.17) is 0 Å². The molecule has 0 rings (SSSR count). The predicted molar refractivity (Wildman–Crippen MR) is 62.3 cm³/mol. The van der Waals surface area contributed by atoms with Crippen LogP contribution >= 0.6 is 0 Å². The smallest absolute Gasteiger partial charge is 0.0258 e. The van der Waals surface area contributed by atoms with Crippen molar-refractivity contribution >= 4 is 0 Å². The summed E-state index contributed by atoms with van der Waals surface area (Å²) >= 11 is 0. The highest BCUT2D eigenvalue weighted by molar-refractivity contribution is 4.56. The van der Waals surface area contributed by atoms with E-state index in [0.717, 1.165) is 39.3 Å². The van der Waals surface area contributed by atoms with Gasteiger partial charge in [0.05, 0.1) is 0 Å². The van der Waals surface area contributed by atoms with E-state index in [1.165, 1.54) is 0 Å². The Morgan fingerprint density at radius 2 is 1.79 bits per heavy atom. The molecule has 0 aromatic heterocycles. The van der Waals surface area contributed by atoms with Crippen LogP contribution in [0.25, 0.3) is 0 Å². The molecule has 0 saturated heterocycles. The third-order valence-electron chi connectivity index (χ3n) is 2.33. The summed E-state index contributed by atoms with van der Waals surface area (Å²) in [6.45, 7) is 10.7. The highest BCUT2D eigenvalue weighted by Gasteiger charge is 2.06. The zero-order valence-electron chi connectivity index (χ0n) is 10.1. The molecular formula is C10H26N4. The zero-order chi connectivity index (χ0) is 10.8. The van der Waals surface area contributed by atoms with Crippen molar-refractivity contribution in [3.63, 3.8) is 0 Å². The molecule has 0 unspecified atom stereocenters. The van der Waals surface area contributed by atoms with Crippen LogP contribution in [0.5, 0.6) is 0 Å². The van der Waals surface area contributed by atoms with Gasteiger partial charge in [-0.2, -0.15) is 0 Å². The number of hydrogen-bond acceptors (Lipinski definition) is 4. The number of rotatable bonds is 9. The van der Waals surface area contributed by atoms with Crippen LogP contribution in [0, 0.1) is 0 Å². The van der Waals surface area contributed by atoms with Crippen molar-refractivity contribution in [1.29, 1.82) is 0 Å². The average Bonchev–Trinajstić information content (AvgIpc) is 2.21. The van der Waals surface area contributed by atoms with Crippen molar-refractivity contribution in [2.24, 2.45) is 0 Å². The van der Waals surface area contributed by atoms with Gasteiger partial charge in [0.25, 0.3) is 0 Å². The second kappa shape index (κ2) is 9.40. The fraction of sp³-hybridized carbons (Fsp3) is 1.00. The van der Waals surface area contributed by atoms with E-state index in [-0.39, 0.29) is 0 Å². The van der Waals surface area contributed by atoms with Crippen LogP contribution in [-0.4, -0.2) is 63.4 Å². The molecule has 0 radical (unpaired) electrons. The summed E-state index contributed by atoms with van der Waals surface area (Å²) in [5.74, 6) is 0. The average molecular weight is 202 g/mol. The molecular weight excluding hydrogens is 176 g/mol. The largest absolute Gasteiger partial charge is 0.318 e. The summed E-state index contributed by atoms with van der Waals surface area (Å²) < 4.78 is 0. The second-order valence-electron chi connectivity index (χ2n) is 3.38. The van der Waals surface area contributed by atoms with Gasteiger partial charge in [0, 0.05) is 39.8 Å². The Morgan fingerprint density at radius 3 is 2.29 bits per heavy atom. The van der Waals surface area contributed by atoms with Gasteiger partial charge in [-0.25, -0.2) is 10.0 Å². The molecule has 0 aromatic rings. The van der Waals surface area contributed by atoms with Crippen molar-refractivity contribution in [2.45, 2.75) is 13.8 Å². The van der Waals surface area contributed by atoms with Gasteiger partial charge in [-0.15, -0.1) is 0 Å². The predicted octanol–water partition coefficient (Wildman–Crippen LogP) is -0.0160. The Balaban J connectivity index is 3.62. The third-order valence-corrected chi connectivity index (χ3v) is 2.33. The molecule has 0 aliphatic rings. The van der Waals surface area contributed by atoms with Crippen molar-refractivity contribution < 1.29 is 0 Å². The summed E-state index contributed by atoms with van der Waals surface area (Å²) in [7, 11) is 4.13. The van der Waals surface area contributed by atoms with Crippen LogP contribution in [-0.2, 0) is 0 Å². The minimum Gasteiger partial charge on any atom is -0.318 e. The second-order valence-corrected chi connectivity index (χ2v) is 3.38. The van der Waals surface area contributed by atoms with Crippen molar-refractivity contribution in [3.05, 3.63) is 0 Å². The van der Waals surface area contributed by atoms with Crippen LogP contribution in [0.15, 0.2) is 0 Å². The fourth-order valence-electron chi connectivity index (χ4n) is 1.37. The van der Waals surface area contributed by atoms with Crippen LogP contribution in [0.1, 0.15) is 13.8 Å². The quantitative estimate of drug-likeness (QED) is 0.406. The van der Waals surface area contributed by atoms with Gasteiger partial charge in [0.1, 0.15) is 0 Å². The molecule has 0 bridgehead atoms. The first-order valence-corrected chi connectivity index (χ1v) is 5.57. The van der Waals surface area contributed by atoms with E-state index in [9.17, 15) is 0 Å². The Bertz CT molecular complexity index is 119. The van der Waals surface area contributed by atoms with E-state index < -0.39 is 0 Å². The van der Waals surface area contributed by atoms with Crippen molar-refractivity contribution in [3.8, 4) is 0 Å². The van der Waals surface area contributed by atoms with Gasteiger partial charge >= 0.3 is 0 Å². The van der Waals surface area contributed by atoms with Gasteiger partial charge in [-0.3, -0.25) is 0 Å². The molecule has 0 spiro atoms. The maximum Gasteiger partial charge on any atom is 0.0258 e. The molecule has 0 atom stereocenters. The SMILES string of the molecule is CCNCCN(CC)N(C)CCNC. The minimum absolute atomic E-state index is 1.04. The highest BCUT2D eigenvalue weighted by atomic mass is 15.6. The van der Waals surface area contributed by atoms with Gasteiger partial charge in [0.15, 0.2) is 0 Å². The van der Waals surface area contributed by atoms with Crippen LogP contribution in [0.3, 0.4) is 0 Å². The molecule has 0 saturated carbocycles. The Morgan fingerprint density at radius 1 is 1.07 bits per heavy atom. The number of hydrazine groups is 1. The minimum atomic E-state index is 1.04. The summed E-state index contributed by atoms with van der Waals surface area (Å²) in [6.07, 6.45) is 0. The van der Waals surface area contributed by atoms with Crippen LogP contribution < -0.4 is 10.6 Å². The summed E-state index contributed by atoms with van der Waals surface area (Å²) in [4.78, 5) is 0. The standard InChI is InChI=1S/C10H26N4/c1-5-12-8-10-14(6-2)13(4)9-7-11-3/h11-12H,5-10H2,1-4H3. The molecule has 0 aromatic carbocycles. The lowest BCUT2D eigenvalue weighted by Crippen LogP contribution is -2.45. The van der Waals surface area contributed by atoms with Gasteiger partial charge in [-0.05, 0) is 13.6 Å². The normalized spacial score (nSPS) is 11.6. The molecule has 0 aliphatic heterocycles. The summed E-state index contributed by atoms with van der Waals surface area (Å²) in [6, 6.07) is 0. The number of nitrogens with zero attached hydrogens (tertiary/aromatic N) is 2. The molecule has 2 N–H and O–H groups in total. The molecule has 0 amide bonds. The monoisotopic (exact) mass is 202 g/mol. The maximum atomic E-state index is 3.34. The van der Waals surface area contributed by atoms with Crippen LogP contribution in [0.2, 0.25) is 0 Å². The molecule has 14 heavy (non-hydrogen) atoms. The lowest BCUT2D eigenvalue weighted by atomic mass is 10.5. The first-order valence-electron chi connectivity index (χ1n) is 5.57. The van der Waals surface area contributed by atoms with Gasteiger partial charge in [-0.1, -0.05) is 13.8 Å². The molecule has 86 valence electrons. The molecule has 0 heterocycles. The maximum absolute atomic E-state index is 3.34. The van der Waals surface area contributed by atoms with Crippen molar-refractivity contribution in [2.75, 3.05) is 53.4 Å². The topological polar surface area (TPSA) is 30.5 Å². The highest BCUT2D eigenvalue weighted by Crippen LogP contribution is 1.92. The number of nitrogens with one attached hydrogen (secondary N) is 2. The van der Waals surface area contributed by atoms with Crippen molar-refractivity contribution in [1.82, 2.24) is 20.7 Å². The van der Waals surface area contributed by atoms with Crippen LogP contribution in [0.4, 0.5) is 0 Å². The first kappa shape index (κ1) is 13.8. The number of likely N-dealkylation sites (N-methyl/N-ethyl adjacent to an activating group) is 4. The molecule has 0 aliphatic carbocycles. The Kier molecular flexibility index (Phi) is 9.29. The molecule has 4 nitrogen and oxygen atoms in total. The van der Waals surface area contributed by atoms with E-state index in [0.29, 0.717) is 0 Å². The van der Waals surface area contributed by atoms with E-state index in [1.54, 1.807) is 0 Å². The molecule has 4 heteroatoms. The Labute approximate surface area is 88.6 Å². The summed E-state index contributed by atoms with van der Waals surface area (Å²) in [5, 5.41) is 11.1. The van der Waals surface area contributed by atoms with E-state index in [1.807, 2.05) is 7.05 Å². The lowest BCUT2D eigenvalue weighted by molar-refractivity contribution is 0.00745. The fourth-order valence-corrected chi connectivity index (χ4v) is 1.37. The third kappa shape index (κ3) is 6.32. The van der Waals surface area contributed by atoms with E-state index in [2.05, 4.69) is 41.5 Å².